The van der Waals surface area contributed by atoms with Gasteiger partial charge in [-0.15, -0.1) is 10.2 Å². The van der Waals surface area contributed by atoms with Crippen LogP contribution in [-0.2, 0) is 4.79 Å². The minimum Gasteiger partial charge on any atom is -0.324 e. The van der Waals surface area contributed by atoms with Gasteiger partial charge in [-0.25, -0.2) is 0 Å². The number of thioether (sulfide) groups is 1. The first kappa shape index (κ1) is 17.8. The molecule has 7 heteroatoms. The summed E-state index contributed by atoms with van der Waals surface area (Å²) in [7, 11) is 0. The van der Waals surface area contributed by atoms with Crippen molar-refractivity contribution in [1.29, 1.82) is 0 Å². The molecule has 0 aliphatic heterocycles. The van der Waals surface area contributed by atoms with E-state index in [9.17, 15) is 4.79 Å². The molecular formula is C20H17ClN4OS. The summed E-state index contributed by atoms with van der Waals surface area (Å²) in [4.78, 5) is 12.6. The van der Waals surface area contributed by atoms with Gasteiger partial charge < -0.3 is 5.32 Å². The number of aromatic nitrogens is 3. The number of benzene rings is 2. The molecule has 2 aromatic carbocycles. The molecule has 0 bridgehead atoms. The van der Waals surface area contributed by atoms with Crippen LogP contribution in [0.15, 0.2) is 59.8 Å². The fraction of sp³-hybridized carbons (Fsp3) is 0.150. The fourth-order valence-corrected chi connectivity index (χ4v) is 4.01. The second kappa shape index (κ2) is 7.21. The smallest absolute Gasteiger partial charge is 0.237 e. The van der Waals surface area contributed by atoms with E-state index >= 15 is 0 Å². The summed E-state index contributed by atoms with van der Waals surface area (Å²) >= 11 is 7.49. The maximum Gasteiger partial charge on any atom is 0.237 e. The molecule has 0 fully saturated rings. The van der Waals surface area contributed by atoms with Gasteiger partial charge in [0.2, 0.25) is 5.91 Å². The second-order valence-corrected chi connectivity index (χ2v) is 7.97. The maximum absolute atomic E-state index is 12.6. The third-order valence-corrected chi connectivity index (χ3v) is 5.73. The summed E-state index contributed by atoms with van der Waals surface area (Å²) in [6, 6.07) is 17.3. The number of pyridine rings is 1. The van der Waals surface area contributed by atoms with Crippen LogP contribution in [0.3, 0.4) is 0 Å². The molecule has 1 amide bonds. The van der Waals surface area contributed by atoms with Gasteiger partial charge >= 0.3 is 0 Å². The third-order valence-electron chi connectivity index (χ3n) is 4.36. The molecule has 27 heavy (non-hydrogen) atoms. The van der Waals surface area contributed by atoms with E-state index in [0.29, 0.717) is 15.9 Å². The number of nitrogens with one attached hydrogen (secondary N) is 1. The van der Waals surface area contributed by atoms with Crippen molar-refractivity contribution in [2.45, 2.75) is 24.3 Å². The van der Waals surface area contributed by atoms with Gasteiger partial charge in [-0.05, 0) is 43.7 Å². The molecule has 2 aromatic heterocycles. The largest absolute Gasteiger partial charge is 0.324 e. The van der Waals surface area contributed by atoms with Crippen LogP contribution in [0.4, 0.5) is 5.69 Å². The molecule has 4 aromatic rings. The molecule has 1 atom stereocenters. The number of anilines is 1. The quantitative estimate of drug-likeness (QED) is 0.495. The summed E-state index contributed by atoms with van der Waals surface area (Å²) < 4.78 is 1.99. The first-order valence-corrected chi connectivity index (χ1v) is 9.76. The zero-order valence-electron chi connectivity index (χ0n) is 14.8. The molecule has 0 spiro atoms. The Bertz CT molecular complexity index is 1160. The first-order chi connectivity index (χ1) is 13.0. The Labute approximate surface area is 165 Å². The standard InChI is InChI=1S/C20H17ClN4OS/c1-12-11-18-23-24-20(25(18)17-10-6-3-7-14(12)17)27-13(2)19(26)22-16-9-5-4-8-15(16)21/h3-11,13H,1-2H3,(H,22,26)/t13-/m0/s1. The lowest BCUT2D eigenvalue weighted by Crippen LogP contribution is -2.22. The highest BCUT2D eigenvalue weighted by molar-refractivity contribution is 8.00. The van der Waals surface area contributed by atoms with Gasteiger partial charge in [0.1, 0.15) is 0 Å². The van der Waals surface area contributed by atoms with Crippen LogP contribution in [0.1, 0.15) is 12.5 Å². The number of rotatable bonds is 4. The summed E-state index contributed by atoms with van der Waals surface area (Å²) in [6.07, 6.45) is 0. The molecule has 0 saturated heterocycles. The monoisotopic (exact) mass is 396 g/mol. The molecule has 0 unspecified atom stereocenters. The number of amides is 1. The van der Waals surface area contributed by atoms with Gasteiger partial charge in [-0.2, -0.15) is 0 Å². The minimum atomic E-state index is -0.367. The van der Waals surface area contributed by atoms with Gasteiger partial charge in [-0.1, -0.05) is 53.7 Å². The SMILES string of the molecule is Cc1cc2nnc(S[C@@H](C)C(=O)Nc3ccccc3Cl)n2c2ccccc12. The number of para-hydroxylation sites is 2. The zero-order chi connectivity index (χ0) is 19.0. The number of aryl methyl sites for hydroxylation is 1. The summed E-state index contributed by atoms with van der Waals surface area (Å²) in [5.74, 6) is -0.138. The zero-order valence-corrected chi connectivity index (χ0v) is 16.4. The lowest BCUT2D eigenvalue weighted by Gasteiger charge is -2.13. The average Bonchev–Trinajstić information content (AvgIpc) is 3.06. The van der Waals surface area contributed by atoms with Crippen molar-refractivity contribution < 1.29 is 4.79 Å². The number of hydrogen-bond donors (Lipinski definition) is 1. The van der Waals surface area contributed by atoms with E-state index in [4.69, 9.17) is 11.6 Å². The van der Waals surface area contributed by atoms with Crippen molar-refractivity contribution in [1.82, 2.24) is 14.6 Å². The van der Waals surface area contributed by atoms with Crippen molar-refractivity contribution in [2.75, 3.05) is 5.32 Å². The van der Waals surface area contributed by atoms with Gasteiger partial charge in [-0.3, -0.25) is 9.20 Å². The molecule has 1 N–H and O–H groups in total. The lowest BCUT2D eigenvalue weighted by molar-refractivity contribution is -0.115. The summed E-state index contributed by atoms with van der Waals surface area (Å²) in [6.45, 7) is 3.90. The Balaban J connectivity index is 1.64. The van der Waals surface area contributed by atoms with Crippen LogP contribution in [-0.4, -0.2) is 25.8 Å². The third kappa shape index (κ3) is 3.38. The maximum atomic E-state index is 12.6. The van der Waals surface area contributed by atoms with Gasteiger partial charge in [0.15, 0.2) is 10.8 Å². The molecule has 0 aliphatic carbocycles. The Morgan fingerprint density at radius 3 is 2.70 bits per heavy atom. The molecule has 136 valence electrons. The number of nitrogens with zero attached hydrogens (tertiary/aromatic N) is 3. The lowest BCUT2D eigenvalue weighted by atomic mass is 10.1. The van der Waals surface area contributed by atoms with Crippen molar-refractivity contribution in [3.8, 4) is 0 Å². The topological polar surface area (TPSA) is 59.3 Å². The molecule has 4 rings (SSSR count). The molecule has 0 radical (unpaired) electrons. The number of halogens is 1. The number of carbonyl (C=O) groups excluding carboxylic acids is 1. The predicted molar refractivity (Wildman–Crippen MR) is 111 cm³/mol. The van der Waals surface area contributed by atoms with E-state index in [1.807, 2.05) is 47.7 Å². The van der Waals surface area contributed by atoms with Gasteiger partial charge in [0.25, 0.3) is 0 Å². The number of hydrogen-bond acceptors (Lipinski definition) is 4. The second-order valence-electron chi connectivity index (χ2n) is 6.25. The highest BCUT2D eigenvalue weighted by atomic mass is 35.5. The van der Waals surface area contributed by atoms with Crippen LogP contribution in [0.25, 0.3) is 16.6 Å². The first-order valence-electron chi connectivity index (χ1n) is 8.50. The van der Waals surface area contributed by atoms with Crippen LogP contribution in [0, 0.1) is 6.92 Å². The highest BCUT2D eigenvalue weighted by Crippen LogP contribution is 2.29. The van der Waals surface area contributed by atoms with E-state index in [1.54, 1.807) is 12.1 Å². The van der Waals surface area contributed by atoms with Gasteiger partial charge in [0, 0.05) is 5.39 Å². The van der Waals surface area contributed by atoms with Crippen molar-refractivity contribution >= 4 is 51.5 Å². The Kier molecular flexibility index (Phi) is 4.76. The molecular weight excluding hydrogens is 380 g/mol. The summed E-state index contributed by atoms with van der Waals surface area (Å²) in [5, 5.41) is 13.4. The Morgan fingerprint density at radius 1 is 1.15 bits per heavy atom. The van der Waals surface area contributed by atoms with Crippen molar-refractivity contribution in [3.63, 3.8) is 0 Å². The van der Waals surface area contributed by atoms with E-state index in [2.05, 4.69) is 28.5 Å². The molecule has 0 aliphatic rings. The van der Waals surface area contributed by atoms with E-state index in [1.165, 1.54) is 11.8 Å². The Morgan fingerprint density at radius 2 is 1.89 bits per heavy atom. The molecule has 2 heterocycles. The molecule has 5 nitrogen and oxygen atoms in total. The van der Waals surface area contributed by atoms with Gasteiger partial charge in [0.05, 0.1) is 21.5 Å². The number of carbonyl (C=O) groups is 1. The van der Waals surface area contributed by atoms with Crippen molar-refractivity contribution in [3.05, 3.63) is 65.2 Å². The highest BCUT2D eigenvalue weighted by Gasteiger charge is 2.20. The predicted octanol–water partition coefficient (Wildman–Crippen LogP) is 4.96. The number of fused-ring (bicyclic) bond motifs is 3. The van der Waals surface area contributed by atoms with Crippen molar-refractivity contribution in [2.24, 2.45) is 0 Å². The summed E-state index contributed by atoms with van der Waals surface area (Å²) in [5.41, 5.74) is 3.54. The van der Waals surface area contributed by atoms with E-state index in [-0.39, 0.29) is 11.2 Å². The van der Waals surface area contributed by atoms with Crippen LogP contribution in [0.2, 0.25) is 5.02 Å². The van der Waals surface area contributed by atoms with E-state index in [0.717, 1.165) is 22.1 Å². The van der Waals surface area contributed by atoms with Crippen LogP contribution < -0.4 is 5.32 Å². The van der Waals surface area contributed by atoms with Crippen LogP contribution in [0.5, 0.6) is 0 Å². The normalized spacial score (nSPS) is 12.4. The van der Waals surface area contributed by atoms with E-state index < -0.39 is 0 Å². The minimum absolute atomic E-state index is 0.138. The fourth-order valence-electron chi connectivity index (χ4n) is 2.96. The van der Waals surface area contributed by atoms with Crippen LogP contribution >= 0.6 is 23.4 Å². The average molecular weight is 397 g/mol. The Hall–Kier alpha value is -2.57. The molecule has 0 saturated carbocycles.